The van der Waals surface area contributed by atoms with Gasteiger partial charge < -0.3 is 50.8 Å². The third kappa shape index (κ3) is 13.7. The first-order valence-corrected chi connectivity index (χ1v) is 30.9. The van der Waals surface area contributed by atoms with Gasteiger partial charge in [-0.2, -0.15) is 11.8 Å². The number of hydrogen-bond donors (Lipinski definition) is 6. The summed E-state index contributed by atoms with van der Waals surface area (Å²) >= 11 is 7.59. The second kappa shape index (κ2) is 25.8. The number of halogens is 3. The summed E-state index contributed by atoms with van der Waals surface area (Å²) in [5, 5.41) is 27.3. The van der Waals surface area contributed by atoms with Crippen molar-refractivity contribution in [1.29, 1.82) is 0 Å². The van der Waals surface area contributed by atoms with Crippen LogP contribution in [0.15, 0.2) is 65.4 Å². The number of allylic oxidation sites excluding steroid dienone is 5. The molecule has 0 unspecified atom stereocenters. The molecule has 2 aromatic carbocycles. The van der Waals surface area contributed by atoms with Crippen molar-refractivity contribution in [3.05, 3.63) is 87.6 Å². The summed E-state index contributed by atoms with van der Waals surface area (Å²) in [4.78, 5) is 65.7. The fourth-order valence-electron chi connectivity index (χ4n) is 10.5. The van der Waals surface area contributed by atoms with Crippen LogP contribution in [0.1, 0.15) is 83.2 Å². The zero-order valence-corrected chi connectivity index (χ0v) is 45.5. The normalized spacial score (nSPS) is 22.3. The smallest absolute Gasteiger partial charge is 0.336 e. The number of unbranched alkanes of at least 4 members (excludes halogenated alkanes) is 4. The Bertz CT molecular complexity index is 2590. The number of alkyl halides is 3. The maximum absolute atomic E-state index is 16.1. The van der Waals surface area contributed by atoms with Gasteiger partial charge in [0.15, 0.2) is 18.8 Å². The van der Waals surface area contributed by atoms with E-state index in [9.17, 15) is 33.5 Å². The Labute approximate surface area is 447 Å². The first-order valence-electron chi connectivity index (χ1n) is 26.3. The van der Waals surface area contributed by atoms with Gasteiger partial charge in [-0.25, -0.2) is 22.9 Å². The number of nitrogens with one attached hydrogen (secondary N) is 5. The molecule has 0 saturated carbocycles. The van der Waals surface area contributed by atoms with Crippen molar-refractivity contribution in [2.75, 3.05) is 102 Å². The summed E-state index contributed by atoms with van der Waals surface area (Å²) in [5.41, 5.74) is 2.36. The molecule has 21 heteroatoms. The van der Waals surface area contributed by atoms with Gasteiger partial charge in [0.25, 0.3) is 11.8 Å². The van der Waals surface area contributed by atoms with Crippen molar-refractivity contribution in [3.8, 4) is 0 Å². The lowest BCUT2D eigenvalue weighted by Gasteiger charge is -2.41. The molecule has 16 nitrogen and oxygen atoms in total. The summed E-state index contributed by atoms with van der Waals surface area (Å²) < 4.78 is 49.0. The number of urea groups is 1. The van der Waals surface area contributed by atoms with Gasteiger partial charge in [-0.1, -0.05) is 38.4 Å². The van der Waals surface area contributed by atoms with Gasteiger partial charge in [-0.3, -0.25) is 14.4 Å². The number of amides is 5. The van der Waals surface area contributed by atoms with Crippen LogP contribution in [0.25, 0.3) is 5.57 Å². The number of benzene rings is 2. The molecule has 5 heterocycles. The number of aromatic carboxylic acids is 1. The van der Waals surface area contributed by atoms with E-state index >= 15 is 4.39 Å². The molecule has 406 valence electrons. The van der Waals surface area contributed by atoms with Crippen molar-refractivity contribution in [2.24, 2.45) is 0 Å². The Kier molecular flexibility index (Phi) is 19.3. The molecular formula is C54H71ClF2N7O9SSi+. The molecule has 6 aliphatic rings. The van der Waals surface area contributed by atoms with E-state index < -0.39 is 31.8 Å². The minimum absolute atomic E-state index is 0.0155. The fraction of sp³-hybridized carbons (Fsp3) is 0.556. The minimum Gasteiger partial charge on any atom is -0.478 e. The van der Waals surface area contributed by atoms with Crippen molar-refractivity contribution < 1.29 is 56.6 Å². The number of carbonyl (C=O) groups excluding carboxylic acids is 4. The highest BCUT2D eigenvalue weighted by Crippen LogP contribution is 2.44. The third-order valence-corrected chi connectivity index (χ3v) is 20.1. The lowest BCUT2D eigenvalue weighted by molar-refractivity contribution is -0.612. The highest BCUT2D eigenvalue weighted by atomic mass is 35.5. The van der Waals surface area contributed by atoms with Gasteiger partial charge in [-0.05, 0) is 94.7 Å². The van der Waals surface area contributed by atoms with Crippen LogP contribution in [0.4, 0.5) is 19.3 Å². The van der Waals surface area contributed by atoms with E-state index in [0.29, 0.717) is 60.8 Å². The molecule has 5 aliphatic heterocycles. The SMILES string of the molecule is C[Si]1(C)C2=CC(=[N+]3CC(F)(C(=O)NCCOCCNC(=O)CCCC[C@@H]4SC[C@@H]5NC(=O)N[C@@H]54)C3)C=CC2=C(c2cc(C(=O)NCCOCCOCCCCCCCl)ccc2C(=O)O)c2ccc(N3CC(F)C3)cc21. The predicted molar refractivity (Wildman–Crippen MR) is 290 cm³/mol. The molecule has 1 aliphatic carbocycles. The van der Waals surface area contributed by atoms with E-state index in [-0.39, 0.29) is 100 Å². The fourth-order valence-corrected chi connectivity index (χ4v) is 15.3. The minimum atomic E-state index is -2.64. The second-order valence-corrected chi connectivity index (χ2v) is 26.5. The Balaban J connectivity index is 0.869. The van der Waals surface area contributed by atoms with E-state index in [1.165, 1.54) is 12.1 Å². The number of nitrogens with zero attached hydrogens (tertiary/aromatic N) is 2. The largest absolute Gasteiger partial charge is 0.478 e. The first kappa shape index (κ1) is 56.1. The number of rotatable bonds is 28. The molecule has 0 aromatic heterocycles. The van der Waals surface area contributed by atoms with Crippen LogP contribution in [-0.2, 0) is 23.8 Å². The number of fused-ring (bicyclic) bond motifs is 3. The lowest BCUT2D eigenvalue weighted by atomic mass is 9.86. The van der Waals surface area contributed by atoms with E-state index in [1.54, 1.807) is 6.07 Å². The van der Waals surface area contributed by atoms with Gasteiger partial charge in [0.05, 0.1) is 63.8 Å². The number of ether oxygens (including phenoxy) is 3. The van der Waals surface area contributed by atoms with E-state index in [1.807, 2.05) is 51.6 Å². The van der Waals surface area contributed by atoms with Gasteiger partial charge in [-0.15, -0.1) is 11.6 Å². The van der Waals surface area contributed by atoms with Crippen LogP contribution in [0.2, 0.25) is 13.1 Å². The highest BCUT2D eigenvalue weighted by molar-refractivity contribution is 8.00. The van der Waals surface area contributed by atoms with Gasteiger partial charge in [0, 0.05) is 72.9 Å². The average molecular weight is 1100 g/mol. The summed E-state index contributed by atoms with van der Waals surface area (Å²) in [5.74, 6) is -0.769. The molecular weight excluding hydrogens is 1020 g/mol. The summed E-state index contributed by atoms with van der Waals surface area (Å²) in [6.07, 6.45) is 12.0. The summed E-state index contributed by atoms with van der Waals surface area (Å²) in [7, 11) is -2.64. The van der Waals surface area contributed by atoms with Crippen molar-refractivity contribution >= 4 is 83.3 Å². The van der Waals surface area contributed by atoms with Crippen LogP contribution in [0.5, 0.6) is 0 Å². The molecule has 8 rings (SSSR count). The summed E-state index contributed by atoms with van der Waals surface area (Å²) in [6, 6.07) is 10.8. The Morgan fingerprint density at radius 1 is 0.867 bits per heavy atom. The Hall–Kier alpha value is -5.12. The van der Waals surface area contributed by atoms with E-state index in [4.69, 9.17) is 25.8 Å². The number of anilines is 1. The molecule has 4 saturated heterocycles. The Morgan fingerprint density at radius 2 is 1.59 bits per heavy atom. The van der Waals surface area contributed by atoms with Gasteiger partial charge in [0.2, 0.25) is 5.91 Å². The van der Waals surface area contributed by atoms with Crippen LogP contribution >= 0.6 is 23.4 Å². The molecule has 0 radical (unpaired) electrons. The predicted octanol–water partition coefficient (Wildman–Crippen LogP) is 5.02. The highest BCUT2D eigenvalue weighted by Gasteiger charge is 2.57. The number of hydrogen-bond acceptors (Lipinski definition) is 10. The molecule has 3 atom stereocenters. The number of carboxylic acids is 1. The number of carbonyl (C=O) groups is 5. The third-order valence-electron chi connectivity index (χ3n) is 14.8. The van der Waals surface area contributed by atoms with Crippen LogP contribution in [0, 0.1) is 0 Å². The van der Waals surface area contributed by atoms with Crippen LogP contribution < -0.4 is 36.7 Å². The van der Waals surface area contributed by atoms with Crippen molar-refractivity contribution in [2.45, 2.75) is 93.6 Å². The quantitative estimate of drug-likeness (QED) is 0.0220. The molecule has 0 spiro atoms. The lowest BCUT2D eigenvalue weighted by Crippen LogP contribution is -2.64. The van der Waals surface area contributed by atoms with Crippen molar-refractivity contribution in [3.63, 3.8) is 0 Å². The molecule has 5 amide bonds. The molecule has 6 N–H and O–H groups in total. The van der Waals surface area contributed by atoms with E-state index in [2.05, 4.69) is 45.7 Å². The zero-order valence-electron chi connectivity index (χ0n) is 42.9. The molecule has 0 bridgehead atoms. The van der Waals surface area contributed by atoms with Crippen LogP contribution in [0.3, 0.4) is 0 Å². The average Bonchev–Trinajstić information content (AvgIpc) is 3.94. The van der Waals surface area contributed by atoms with E-state index in [0.717, 1.165) is 77.9 Å². The molecule has 2 aromatic rings. The summed E-state index contributed by atoms with van der Waals surface area (Å²) in [6.45, 7) is 7.39. The second-order valence-electron chi connectivity index (χ2n) is 20.5. The zero-order chi connectivity index (χ0) is 53.1. The monoisotopic (exact) mass is 1090 g/mol. The molecule has 75 heavy (non-hydrogen) atoms. The standard InChI is InChI=1S/C54H70ClF2N7O9SSi/c1-75(2)45-28-37(63-30-36(56)31-63)12-15-40(45)48(42-27-35(11-14-39(42)51(67)68)50(66)59-19-23-73-26-25-71-21-8-4-3-7-17-55)41-16-13-38(29-46(41)75)64-33-54(57,34-64)52(69)60-20-24-72-22-18-58-47(65)10-6-5-9-44-49-43(32-74-44)61-53(70)62-49/h11-16,27-29,36,43-44,49H,3-10,17-26,30-34H2,1-2H3,(H5-,58,59,60,61,62,65,66,67,68,69,70)/p+1/t43-,44-,49-/m0/s1. The maximum atomic E-state index is 16.1. The number of carboxylic acid groups (broad SMARTS) is 1. The Morgan fingerprint density at radius 3 is 2.33 bits per heavy atom. The molecule has 4 fully saturated rings. The van der Waals surface area contributed by atoms with Gasteiger partial charge in [0.1, 0.15) is 14.2 Å². The maximum Gasteiger partial charge on any atom is 0.336 e. The first-order chi connectivity index (χ1) is 36.2. The van der Waals surface area contributed by atoms with Crippen LogP contribution in [-0.4, -0.2) is 179 Å². The van der Waals surface area contributed by atoms with Gasteiger partial charge >= 0.3 is 17.7 Å². The topological polar surface area (TPSA) is 200 Å². The number of thioether (sulfide) groups is 1. The van der Waals surface area contributed by atoms with Crippen molar-refractivity contribution in [1.82, 2.24) is 26.6 Å².